The van der Waals surface area contributed by atoms with Crippen molar-refractivity contribution < 1.29 is 9.90 Å². The summed E-state index contributed by atoms with van der Waals surface area (Å²) < 4.78 is 0.693. The second-order valence-electron chi connectivity index (χ2n) is 2.34. The van der Waals surface area contributed by atoms with Gasteiger partial charge in [-0.15, -0.1) is 0 Å². The van der Waals surface area contributed by atoms with Crippen molar-refractivity contribution >= 4 is 21.8 Å². The molecule has 0 bridgehead atoms. The van der Waals surface area contributed by atoms with Crippen LogP contribution in [-0.4, -0.2) is 29.1 Å². The summed E-state index contributed by atoms with van der Waals surface area (Å²) in [6.45, 7) is 0.184. The number of carbonyl (C=O) groups excluding carboxylic acids is 1. The van der Waals surface area contributed by atoms with Gasteiger partial charge in [0.25, 0.3) is 5.91 Å². The third-order valence-corrected chi connectivity index (χ3v) is 2.10. The molecule has 0 aliphatic carbocycles. The Kier molecular flexibility index (Phi) is 3.85. The minimum atomic E-state index is -0.242. The molecular weight excluding hydrogens is 236 g/mol. The Morgan fingerprint density at radius 3 is 3.08 bits per heavy atom. The molecular formula is C8H9BrN2O2. The van der Waals surface area contributed by atoms with Gasteiger partial charge in [-0.2, -0.15) is 0 Å². The molecule has 0 spiro atoms. The third kappa shape index (κ3) is 2.78. The van der Waals surface area contributed by atoms with Crippen LogP contribution in [-0.2, 0) is 0 Å². The van der Waals surface area contributed by atoms with E-state index in [4.69, 9.17) is 5.11 Å². The average Bonchev–Trinajstić information content (AvgIpc) is 2.15. The van der Waals surface area contributed by atoms with E-state index < -0.39 is 0 Å². The number of aliphatic hydroxyl groups is 1. The summed E-state index contributed by atoms with van der Waals surface area (Å²) in [5, 5.41) is 11.0. The third-order valence-electron chi connectivity index (χ3n) is 1.41. The van der Waals surface area contributed by atoms with Gasteiger partial charge in [-0.1, -0.05) is 0 Å². The molecule has 5 heteroatoms. The van der Waals surface area contributed by atoms with Gasteiger partial charge >= 0.3 is 0 Å². The zero-order valence-electron chi connectivity index (χ0n) is 6.83. The van der Waals surface area contributed by atoms with Crippen LogP contribution in [0, 0.1) is 0 Å². The number of halogens is 1. The molecule has 0 atom stereocenters. The van der Waals surface area contributed by atoms with Crippen molar-refractivity contribution in [3.8, 4) is 0 Å². The van der Waals surface area contributed by atoms with Crippen LogP contribution in [0.1, 0.15) is 10.4 Å². The summed E-state index contributed by atoms with van der Waals surface area (Å²) in [7, 11) is 0. The molecule has 0 aromatic carbocycles. The number of aromatic nitrogens is 1. The monoisotopic (exact) mass is 244 g/mol. The quantitative estimate of drug-likeness (QED) is 0.818. The van der Waals surface area contributed by atoms with Crippen LogP contribution in [0.25, 0.3) is 0 Å². The molecule has 1 amide bonds. The van der Waals surface area contributed by atoms with Crippen LogP contribution < -0.4 is 5.32 Å². The fraction of sp³-hybridized carbons (Fsp3) is 0.250. The Bertz CT molecular complexity index is 304. The zero-order valence-corrected chi connectivity index (χ0v) is 8.41. The number of nitrogens with one attached hydrogen (secondary N) is 1. The molecule has 0 fully saturated rings. The Balaban J connectivity index is 2.71. The fourth-order valence-corrected chi connectivity index (χ4v) is 1.21. The van der Waals surface area contributed by atoms with Gasteiger partial charge in [-0.3, -0.25) is 9.78 Å². The Morgan fingerprint density at radius 1 is 1.69 bits per heavy atom. The predicted octanol–water partition coefficient (Wildman–Crippen LogP) is 0.566. The summed E-state index contributed by atoms with van der Waals surface area (Å²) in [5.41, 5.74) is 0.468. The lowest BCUT2D eigenvalue weighted by Crippen LogP contribution is -2.26. The van der Waals surface area contributed by atoms with Crippen molar-refractivity contribution in [3.63, 3.8) is 0 Å². The molecule has 4 nitrogen and oxygen atoms in total. The number of amides is 1. The van der Waals surface area contributed by atoms with E-state index in [1.54, 1.807) is 12.3 Å². The van der Waals surface area contributed by atoms with Crippen molar-refractivity contribution in [1.29, 1.82) is 0 Å². The fourth-order valence-electron chi connectivity index (χ4n) is 0.809. The number of rotatable bonds is 3. The molecule has 13 heavy (non-hydrogen) atoms. The molecule has 0 unspecified atom stereocenters. The van der Waals surface area contributed by atoms with E-state index in [1.165, 1.54) is 6.20 Å². The van der Waals surface area contributed by atoms with Crippen molar-refractivity contribution in [2.24, 2.45) is 0 Å². The number of nitrogens with zero attached hydrogens (tertiary/aromatic N) is 1. The zero-order chi connectivity index (χ0) is 9.68. The van der Waals surface area contributed by atoms with Crippen molar-refractivity contribution in [1.82, 2.24) is 10.3 Å². The molecule has 1 aromatic heterocycles. The van der Waals surface area contributed by atoms with E-state index in [-0.39, 0.29) is 19.1 Å². The number of aliphatic hydroxyl groups excluding tert-OH is 1. The SMILES string of the molecule is O=C(NCCO)c1cnccc1Br. The molecule has 0 saturated heterocycles. The van der Waals surface area contributed by atoms with Crippen LogP contribution in [0.15, 0.2) is 22.9 Å². The first-order valence-electron chi connectivity index (χ1n) is 3.74. The van der Waals surface area contributed by atoms with Crippen LogP contribution in [0.2, 0.25) is 0 Å². The maximum Gasteiger partial charge on any atom is 0.254 e. The van der Waals surface area contributed by atoms with E-state index in [1.807, 2.05) is 0 Å². The van der Waals surface area contributed by atoms with E-state index >= 15 is 0 Å². The Morgan fingerprint density at radius 2 is 2.46 bits per heavy atom. The van der Waals surface area contributed by atoms with Crippen molar-refractivity contribution in [3.05, 3.63) is 28.5 Å². The highest BCUT2D eigenvalue weighted by Crippen LogP contribution is 2.13. The molecule has 1 rings (SSSR count). The summed E-state index contributed by atoms with van der Waals surface area (Å²) >= 11 is 3.23. The number of hydrogen-bond donors (Lipinski definition) is 2. The summed E-state index contributed by atoms with van der Waals surface area (Å²) in [4.78, 5) is 15.2. The summed E-state index contributed by atoms with van der Waals surface area (Å²) in [6.07, 6.45) is 3.06. The minimum Gasteiger partial charge on any atom is -0.395 e. The lowest BCUT2D eigenvalue weighted by atomic mass is 10.3. The maximum atomic E-state index is 11.3. The number of hydrogen-bond acceptors (Lipinski definition) is 3. The molecule has 0 saturated carbocycles. The second kappa shape index (κ2) is 4.94. The molecule has 1 aromatic rings. The first-order chi connectivity index (χ1) is 6.25. The van der Waals surface area contributed by atoms with Gasteiger partial charge in [0.2, 0.25) is 0 Å². The molecule has 1 heterocycles. The van der Waals surface area contributed by atoms with Gasteiger partial charge in [-0.25, -0.2) is 0 Å². The average molecular weight is 245 g/mol. The Hall–Kier alpha value is -0.940. The first kappa shape index (κ1) is 10.1. The summed E-state index contributed by atoms with van der Waals surface area (Å²) in [5.74, 6) is -0.242. The van der Waals surface area contributed by atoms with Gasteiger partial charge in [0, 0.05) is 23.4 Å². The van der Waals surface area contributed by atoms with Crippen LogP contribution in [0.4, 0.5) is 0 Å². The van der Waals surface area contributed by atoms with Crippen molar-refractivity contribution in [2.45, 2.75) is 0 Å². The Labute approximate surface area is 84.1 Å². The lowest BCUT2D eigenvalue weighted by molar-refractivity contribution is 0.0943. The van der Waals surface area contributed by atoms with E-state index in [2.05, 4.69) is 26.2 Å². The van der Waals surface area contributed by atoms with Gasteiger partial charge in [0.1, 0.15) is 0 Å². The lowest BCUT2D eigenvalue weighted by Gasteiger charge is -2.03. The number of carbonyl (C=O) groups is 1. The van der Waals surface area contributed by atoms with Gasteiger partial charge < -0.3 is 10.4 Å². The predicted molar refractivity (Wildman–Crippen MR) is 51.4 cm³/mol. The van der Waals surface area contributed by atoms with Gasteiger partial charge in [0.05, 0.1) is 12.2 Å². The summed E-state index contributed by atoms with van der Waals surface area (Å²) in [6, 6.07) is 1.69. The van der Waals surface area contributed by atoms with Crippen LogP contribution in [0.5, 0.6) is 0 Å². The van der Waals surface area contributed by atoms with E-state index in [0.717, 1.165) is 0 Å². The second-order valence-corrected chi connectivity index (χ2v) is 3.19. The first-order valence-corrected chi connectivity index (χ1v) is 4.53. The number of pyridine rings is 1. The van der Waals surface area contributed by atoms with Gasteiger partial charge in [-0.05, 0) is 22.0 Å². The smallest absolute Gasteiger partial charge is 0.254 e. The van der Waals surface area contributed by atoms with E-state index in [0.29, 0.717) is 10.0 Å². The van der Waals surface area contributed by atoms with Crippen LogP contribution >= 0.6 is 15.9 Å². The molecule has 0 radical (unpaired) electrons. The topological polar surface area (TPSA) is 62.2 Å². The molecule has 0 aliphatic heterocycles. The van der Waals surface area contributed by atoms with Gasteiger partial charge in [0.15, 0.2) is 0 Å². The standard InChI is InChI=1S/C8H9BrN2O2/c9-7-1-2-10-5-6(7)8(13)11-3-4-12/h1-2,5,12H,3-4H2,(H,11,13). The van der Waals surface area contributed by atoms with E-state index in [9.17, 15) is 4.79 Å². The molecule has 2 N–H and O–H groups in total. The molecule has 0 aliphatic rings. The largest absolute Gasteiger partial charge is 0.395 e. The highest BCUT2D eigenvalue weighted by atomic mass is 79.9. The highest BCUT2D eigenvalue weighted by molar-refractivity contribution is 9.10. The maximum absolute atomic E-state index is 11.3. The minimum absolute atomic E-state index is 0.0659. The molecule has 70 valence electrons. The highest BCUT2D eigenvalue weighted by Gasteiger charge is 2.07. The normalized spacial score (nSPS) is 9.69. The van der Waals surface area contributed by atoms with Crippen molar-refractivity contribution in [2.75, 3.05) is 13.2 Å². The van der Waals surface area contributed by atoms with Crippen LogP contribution in [0.3, 0.4) is 0 Å².